The highest BCUT2D eigenvalue weighted by molar-refractivity contribution is 5.25. The summed E-state index contributed by atoms with van der Waals surface area (Å²) in [4.78, 5) is 0. The van der Waals surface area contributed by atoms with Crippen LogP contribution in [0.25, 0.3) is 0 Å². The molecule has 0 aliphatic rings. The summed E-state index contributed by atoms with van der Waals surface area (Å²) in [5.74, 6) is 0.814. The predicted octanol–water partition coefficient (Wildman–Crippen LogP) is 24.2. The molecule has 0 N–H and O–H groups in total. The summed E-state index contributed by atoms with van der Waals surface area (Å²) in [5, 5.41) is 0. The Morgan fingerprint density at radius 1 is 0.369 bits per heavy atom. The van der Waals surface area contributed by atoms with Crippen LogP contribution >= 0.6 is 0 Å². The summed E-state index contributed by atoms with van der Waals surface area (Å²) < 4.78 is 0. The van der Waals surface area contributed by atoms with Crippen LogP contribution in [-0.4, -0.2) is 0 Å². The fourth-order valence-electron chi connectivity index (χ4n) is 11.3. The van der Waals surface area contributed by atoms with Crippen molar-refractivity contribution in [3.05, 3.63) is 61.3 Å². The summed E-state index contributed by atoms with van der Waals surface area (Å²) in [6.45, 7) is 21.5. The lowest BCUT2D eigenvalue weighted by Gasteiger charge is -2.41. The summed E-state index contributed by atoms with van der Waals surface area (Å²) in [6, 6.07) is 0. The molecule has 0 aliphatic carbocycles. The Kier molecular flexibility index (Phi) is 51.0. The highest BCUT2D eigenvalue weighted by Gasteiger charge is 2.35. The van der Waals surface area contributed by atoms with Crippen LogP contribution in [0.2, 0.25) is 0 Å². The smallest absolute Gasteiger partial charge is 0.00853 e. The molecule has 0 spiro atoms. The monoisotopic (exact) mass is 903 g/mol. The first-order chi connectivity index (χ1) is 32.1. The van der Waals surface area contributed by atoms with Gasteiger partial charge in [0.15, 0.2) is 0 Å². The third kappa shape index (κ3) is 39.3. The molecule has 65 heavy (non-hydrogen) atoms. The van der Waals surface area contributed by atoms with E-state index in [1.165, 1.54) is 315 Å². The summed E-state index contributed by atoms with van der Waals surface area (Å²) in [5.41, 5.74) is 4.46. The topological polar surface area (TPSA) is 0 Å². The molecule has 2 unspecified atom stereocenters. The normalized spacial score (nSPS) is 13.6. The molecule has 0 aliphatic heterocycles. The van der Waals surface area contributed by atoms with Crippen LogP contribution in [0.1, 0.15) is 342 Å². The van der Waals surface area contributed by atoms with Gasteiger partial charge in [0.05, 0.1) is 0 Å². The molecule has 0 amide bonds. The number of rotatable bonds is 55. The van der Waals surface area contributed by atoms with Gasteiger partial charge in [0, 0.05) is 0 Å². The number of unbranched alkanes of at least 4 members (excludes halogenated alkanes) is 36. The SMILES string of the molecule is C=CCCCCCCCCCCCC(=C(CC)C(CCCCC)CCCCCCCCCCCCCCCC=CC)C(CCCCC)(CCCCCCC=C)CCCCCCCCC=C. The van der Waals surface area contributed by atoms with Crippen LogP contribution in [0.3, 0.4) is 0 Å². The molecule has 0 bridgehead atoms. The predicted molar refractivity (Wildman–Crippen MR) is 302 cm³/mol. The van der Waals surface area contributed by atoms with E-state index in [0.717, 1.165) is 5.92 Å². The highest BCUT2D eigenvalue weighted by Crippen LogP contribution is 2.50. The molecule has 0 radical (unpaired) electrons. The average Bonchev–Trinajstić information content (AvgIpc) is 3.31. The van der Waals surface area contributed by atoms with Gasteiger partial charge in [-0.3, -0.25) is 0 Å². The van der Waals surface area contributed by atoms with Crippen molar-refractivity contribution in [1.82, 2.24) is 0 Å². The number of hydrogen-bond donors (Lipinski definition) is 0. The van der Waals surface area contributed by atoms with Crippen molar-refractivity contribution < 1.29 is 0 Å². The van der Waals surface area contributed by atoms with Gasteiger partial charge in [0.2, 0.25) is 0 Å². The maximum atomic E-state index is 4.04. The van der Waals surface area contributed by atoms with E-state index in [0.29, 0.717) is 5.41 Å². The third-order valence-corrected chi connectivity index (χ3v) is 15.4. The average molecular weight is 904 g/mol. The number of hydrogen-bond acceptors (Lipinski definition) is 0. The second-order valence-corrected chi connectivity index (χ2v) is 21.2. The first-order valence-corrected chi connectivity index (χ1v) is 30.3. The molecule has 0 aromatic rings. The second-order valence-electron chi connectivity index (χ2n) is 21.2. The minimum Gasteiger partial charge on any atom is -0.103 e. The van der Waals surface area contributed by atoms with Gasteiger partial charge in [-0.15, -0.1) is 19.7 Å². The van der Waals surface area contributed by atoms with Gasteiger partial charge >= 0.3 is 0 Å². The molecule has 2 atom stereocenters. The Morgan fingerprint density at radius 3 is 1.05 bits per heavy atom. The first kappa shape index (κ1) is 63.7. The molecule has 0 aromatic carbocycles. The zero-order chi connectivity index (χ0) is 47.4. The fourth-order valence-corrected chi connectivity index (χ4v) is 11.3. The van der Waals surface area contributed by atoms with E-state index >= 15 is 0 Å². The van der Waals surface area contributed by atoms with Crippen molar-refractivity contribution >= 4 is 0 Å². The largest absolute Gasteiger partial charge is 0.103 e. The zero-order valence-electron chi connectivity index (χ0n) is 45.7. The second kappa shape index (κ2) is 52.1. The summed E-state index contributed by atoms with van der Waals surface area (Å²) >= 11 is 0. The summed E-state index contributed by atoms with van der Waals surface area (Å²) in [7, 11) is 0. The zero-order valence-corrected chi connectivity index (χ0v) is 45.7. The highest BCUT2D eigenvalue weighted by atomic mass is 14.4. The van der Waals surface area contributed by atoms with Gasteiger partial charge in [-0.05, 0) is 121 Å². The molecule has 0 saturated heterocycles. The van der Waals surface area contributed by atoms with E-state index in [2.05, 4.69) is 77.8 Å². The molecule has 0 nitrogen and oxygen atoms in total. The standard InChI is InChI=1S/C65H122/c1-8-15-21-25-29-32-34-35-36-37-38-40-41-43-46-51-57-62(56-50-19-12-5)63(14-7)64(58-52-47-44-42-39-33-30-26-22-16-9-2)65(59-53-20-13-6,60-54-48-28-24-18-11-4)61-55-49-45-31-27-23-17-10-3/h8-11,15,62H,2-4,12-14,16-61H2,1,5-7H3. The van der Waals surface area contributed by atoms with Gasteiger partial charge in [-0.1, -0.05) is 274 Å². The Hall–Kier alpha value is -1.30. The van der Waals surface area contributed by atoms with Gasteiger partial charge in [0.1, 0.15) is 0 Å². The van der Waals surface area contributed by atoms with Gasteiger partial charge in [-0.25, -0.2) is 0 Å². The van der Waals surface area contributed by atoms with Crippen LogP contribution < -0.4 is 0 Å². The lowest BCUT2D eigenvalue weighted by Crippen LogP contribution is -2.27. The Morgan fingerprint density at radius 2 is 0.677 bits per heavy atom. The number of allylic oxidation sites excluding steroid dienone is 7. The molecule has 0 saturated carbocycles. The lowest BCUT2D eigenvalue weighted by molar-refractivity contribution is 0.231. The van der Waals surface area contributed by atoms with E-state index in [4.69, 9.17) is 0 Å². The van der Waals surface area contributed by atoms with Crippen molar-refractivity contribution in [1.29, 1.82) is 0 Å². The maximum Gasteiger partial charge on any atom is -0.00853 e. The lowest BCUT2D eigenvalue weighted by atomic mass is 9.64. The third-order valence-electron chi connectivity index (χ3n) is 15.4. The van der Waals surface area contributed by atoms with E-state index in [-0.39, 0.29) is 0 Å². The van der Waals surface area contributed by atoms with Crippen molar-refractivity contribution in [2.75, 3.05) is 0 Å². The molecular formula is C65H122. The Balaban J connectivity index is 6.19. The van der Waals surface area contributed by atoms with Crippen LogP contribution in [0.4, 0.5) is 0 Å². The van der Waals surface area contributed by atoms with E-state index < -0.39 is 0 Å². The Bertz CT molecular complexity index is 1040. The quantitative estimate of drug-likeness (QED) is 0.0421. The first-order valence-electron chi connectivity index (χ1n) is 30.3. The van der Waals surface area contributed by atoms with Crippen LogP contribution in [0.15, 0.2) is 61.3 Å². The van der Waals surface area contributed by atoms with Gasteiger partial charge < -0.3 is 0 Å². The molecule has 0 heteroatoms. The Labute approximate surface area is 413 Å². The van der Waals surface area contributed by atoms with E-state index in [9.17, 15) is 0 Å². The van der Waals surface area contributed by atoms with E-state index in [1.807, 2.05) is 11.1 Å². The van der Waals surface area contributed by atoms with Crippen LogP contribution in [-0.2, 0) is 0 Å². The fraction of sp³-hybridized carbons (Fsp3) is 0.846. The van der Waals surface area contributed by atoms with Crippen LogP contribution in [0, 0.1) is 11.3 Å². The van der Waals surface area contributed by atoms with Gasteiger partial charge in [-0.2, -0.15) is 0 Å². The molecule has 0 heterocycles. The molecule has 0 rings (SSSR count). The van der Waals surface area contributed by atoms with Crippen molar-refractivity contribution in [2.24, 2.45) is 11.3 Å². The maximum absolute atomic E-state index is 4.04. The minimum absolute atomic E-state index is 0.419. The molecule has 0 aromatic heterocycles. The minimum atomic E-state index is 0.419. The van der Waals surface area contributed by atoms with Crippen LogP contribution in [0.5, 0.6) is 0 Å². The van der Waals surface area contributed by atoms with Crippen molar-refractivity contribution in [3.8, 4) is 0 Å². The summed E-state index contributed by atoms with van der Waals surface area (Å²) in [6.07, 6.45) is 79.6. The van der Waals surface area contributed by atoms with Crippen molar-refractivity contribution in [2.45, 2.75) is 342 Å². The van der Waals surface area contributed by atoms with Crippen molar-refractivity contribution in [3.63, 3.8) is 0 Å². The molecular weight excluding hydrogens is 781 g/mol. The molecule has 0 fully saturated rings. The molecule has 382 valence electrons. The van der Waals surface area contributed by atoms with E-state index in [1.54, 1.807) is 0 Å². The van der Waals surface area contributed by atoms with Gasteiger partial charge in [0.25, 0.3) is 0 Å².